The highest BCUT2D eigenvalue weighted by atomic mass is 35.5. The molecule has 1 aliphatic heterocycles. The maximum absolute atomic E-state index is 14.4. The number of likely N-dealkylation sites (N-methyl/N-ethyl adjacent to an activating group) is 1. The molecule has 0 spiro atoms. The van der Waals surface area contributed by atoms with Crippen LogP contribution < -0.4 is 9.64 Å². The number of ether oxygens (including phenoxy) is 1. The summed E-state index contributed by atoms with van der Waals surface area (Å²) in [5.74, 6) is 0.178. The first-order valence-electron chi connectivity index (χ1n) is 7.10. The number of fused-ring (bicyclic) bond motifs is 1. The van der Waals surface area contributed by atoms with E-state index in [9.17, 15) is 4.39 Å². The number of rotatable bonds is 2. The van der Waals surface area contributed by atoms with Crippen molar-refractivity contribution in [2.45, 2.75) is 0 Å². The number of benzodiazepines with no additional fused rings is 1. The maximum Gasteiger partial charge on any atom is 0.132 e. The molecule has 1 heterocycles. The number of nitrogens with zero attached hydrogens (tertiary/aromatic N) is 2. The zero-order chi connectivity index (χ0) is 16.6. The lowest BCUT2D eigenvalue weighted by Crippen LogP contribution is -2.20. The standard InChI is InChI=1S/C17H15Cl2FN2O/c1-22-8-7-21-17(11-9-10(23-2)3-5-13(11)20)15-14(22)6-4-12(18)16(15)19/h3-6,9H,7-8H2,1-2H3. The van der Waals surface area contributed by atoms with Gasteiger partial charge in [-0.3, -0.25) is 4.99 Å². The zero-order valence-electron chi connectivity index (χ0n) is 12.7. The molecule has 3 rings (SSSR count). The van der Waals surface area contributed by atoms with E-state index < -0.39 is 0 Å². The molecule has 3 nitrogen and oxygen atoms in total. The summed E-state index contributed by atoms with van der Waals surface area (Å²) < 4.78 is 19.6. The first-order chi connectivity index (χ1) is 11.0. The summed E-state index contributed by atoms with van der Waals surface area (Å²) in [6.07, 6.45) is 0. The molecule has 0 atom stereocenters. The van der Waals surface area contributed by atoms with E-state index in [1.807, 2.05) is 18.0 Å². The van der Waals surface area contributed by atoms with Crippen LogP contribution in [0.3, 0.4) is 0 Å². The summed E-state index contributed by atoms with van der Waals surface area (Å²) in [6.45, 7) is 1.24. The Hall–Kier alpha value is -1.78. The van der Waals surface area contributed by atoms with Crippen molar-refractivity contribution in [1.29, 1.82) is 0 Å². The van der Waals surface area contributed by atoms with Crippen molar-refractivity contribution in [3.8, 4) is 5.75 Å². The number of methoxy groups -OCH3 is 1. The van der Waals surface area contributed by atoms with Crippen molar-refractivity contribution >= 4 is 34.6 Å². The molecule has 1 aliphatic rings. The molecular weight excluding hydrogens is 338 g/mol. The van der Waals surface area contributed by atoms with Crippen molar-refractivity contribution in [2.75, 3.05) is 32.1 Å². The average molecular weight is 353 g/mol. The quantitative estimate of drug-likeness (QED) is 0.798. The van der Waals surface area contributed by atoms with E-state index >= 15 is 0 Å². The molecule has 2 aromatic carbocycles. The van der Waals surface area contributed by atoms with Crippen LogP contribution in [-0.2, 0) is 0 Å². The highest BCUT2D eigenvalue weighted by molar-refractivity contribution is 6.45. The van der Waals surface area contributed by atoms with Gasteiger partial charge in [0.15, 0.2) is 0 Å². The summed E-state index contributed by atoms with van der Waals surface area (Å²) in [7, 11) is 3.49. The van der Waals surface area contributed by atoms with Gasteiger partial charge in [-0.15, -0.1) is 0 Å². The Labute approximate surface area is 144 Å². The van der Waals surface area contributed by atoms with Crippen LogP contribution in [0, 0.1) is 5.82 Å². The Balaban J connectivity index is 2.27. The molecule has 0 amide bonds. The highest BCUT2D eigenvalue weighted by Crippen LogP contribution is 2.37. The van der Waals surface area contributed by atoms with Gasteiger partial charge in [-0.2, -0.15) is 0 Å². The van der Waals surface area contributed by atoms with E-state index in [1.54, 1.807) is 18.2 Å². The van der Waals surface area contributed by atoms with Crippen LogP contribution in [0.2, 0.25) is 10.0 Å². The summed E-state index contributed by atoms with van der Waals surface area (Å²) >= 11 is 12.6. The molecule has 0 saturated heterocycles. The number of hydrogen-bond donors (Lipinski definition) is 0. The van der Waals surface area contributed by atoms with E-state index in [0.717, 1.165) is 5.69 Å². The number of hydrogen-bond acceptors (Lipinski definition) is 3. The lowest BCUT2D eigenvalue weighted by molar-refractivity contribution is 0.413. The van der Waals surface area contributed by atoms with Crippen molar-refractivity contribution in [3.63, 3.8) is 0 Å². The molecule has 0 aliphatic carbocycles. The fraction of sp³-hybridized carbons (Fsp3) is 0.235. The van der Waals surface area contributed by atoms with E-state index in [2.05, 4.69) is 4.99 Å². The molecule has 0 saturated carbocycles. The largest absolute Gasteiger partial charge is 0.497 e. The van der Waals surface area contributed by atoms with Crippen LogP contribution in [0.25, 0.3) is 0 Å². The topological polar surface area (TPSA) is 24.8 Å². The molecule has 0 unspecified atom stereocenters. The number of aliphatic imine (C=N–C) groups is 1. The number of benzene rings is 2. The van der Waals surface area contributed by atoms with Crippen molar-refractivity contribution < 1.29 is 9.13 Å². The zero-order valence-corrected chi connectivity index (χ0v) is 14.2. The van der Waals surface area contributed by atoms with E-state index in [4.69, 9.17) is 27.9 Å². The van der Waals surface area contributed by atoms with Gasteiger partial charge in [0.2, 0.25) is 0 Å². The van der Waals surface area contributed by atoms with Crippen molar-refractivity contribution in [3.05, 3.63) is 57.3 Å². The van der Waals surface area contributed by atoms with E-state index in [0.29, 0.717) is 45.7 Å². The lowest BCUT2D eigenvalue weighted by atomic mass is 9.99. The normalized spacial score (nSPS) is 14.1. The molecule has 6 heteroatoms. The summed E-state index contributed by atoms with van der Waals surface area (Å²) in [5.41, 5.74) is 2.36. The number of anilines is 1. The molecule has 0 radical (unpaired) electrons. The van der Waals surface area contributed by atoms with Crippen LogP contribution in [0.1, 0.15) is 11.1 Å². The predicted octanol–water partition coefficient (Wildman–Crippen LogP) is 4.43. The second-order valence-corrected chi connectivity index (χ2v) is 6.04. The molecule has 2 aromatic rings. The molecular formula is C17H15Cl2FN2O. The predicted molar refractivity (Wildman–Crippen MR) is 93.2 cm³/mol. The van der Waals surface area contributed by atoms with Gasteiger partial charge < -0.3 is 9.64 Å². The van der Waals surface area contributed by atoms with E-state index in [-0.39, 0.29) is 5.82 Å². The maximum atomic E-state index is 14.4. The van der Waals surface area contributed by atoms with Gasteiger partial charge in [0.25, 0.3) is 0 Å². The Kier molecular flexibility index (Phi) is 4.46. The van der Waals surface area contributed by atoms with Gasteiger partial charge in [-0.1, -0.05) is 23.2 Å². The Morgan fingerprint density at radius 1 is 1.22 bits per heavy atom. The van der Waals surface area contributed by atoms with Crippen molar-refractivity contribution in [2.24, 2.45) is 4.99 Å². The fourth-order valence-electron chi connectivity index (χ4n) is 2.63. The summed E-state index contributed by atoms with van der Waals surface area (Å²) in [6, 6.07) is 8.18. The SMILES string of the molecule is COc1ccc(F)c(C2=NCCN(C)c3ccc(Cl)c(Cl)c32)c1. The van der Waals surface area contributed by atoms with Gasteiger partial charge in [-0.05, 0) is 30.3 Å². The highest BCUT2D eigenvalue weighted by Gasteiger charge is 2.24. The molecule has 0 N–H and O–H groups in total. The van der Waals surface area contributed by atoms with Crippen LogP contribution in [0.4, 0.5) is 10.1 Å². The van der Waals surface area contributed by atoms with Crippen LogP contribution in [0.15, 0.2) is 35.3 Å². The summed E-state index contributed by atoms with van der Waals surface area (Å²) in [5, 5.41) is 0.788. The van der Waals surface area contributed by atoms with Gasteiger partial charge in [0.05, 0.1) is 29.4 Å². The van der Waals surface area contributed by atoms with Gasteiger partial charge in [0.1, 0.15) is 11.6 Å². The lowest BCUT2D eigenvalue weighted by Gasteiger charge is -2.21. The smallest absolute Gasteiger partial charge is 0.132 e. The van der Waals surface area contributed by atoms with Crippen LogP contribution in [-0.4, -0.2) is 33.0 Å². The minimum atomic E-state index is -0.379. The molecule has 0 bridgehead atoms. The van der Waals surface area contributed by atoms with Gasteiger partial charge in [0, 0.05) is 30.4 Å². The Morgan fingerprint density at radius 2 is 2.00 bits per heavy atom. The molecule has 120 valence electrons. The first kappa shape index (κ1) is 16.1. The Morgan fingerprint density at radius 3 is 2.74 bits per heavy atom. The van der Waals surface area contributed by atoms with Crippen LogP contribution >= 0.6 is 23.2 Å². The van der Waals surface area contributed by atoms with Crippen molar-refractivity contribution in [1.82, 2.24) is 0 Å². The Bertz CT molecular complexity index is 792. The third-order valence-corrected chi connectivity index (χ3v) is 4.66. The minimum Gasteiger partial charge on any atom is -0.497 e. The van der Waals surface area contributed by atoms with Gasteiger partial charge >= 0.3 is 0 Å². The van der Waals surface area contributed by atoms with Crippen LogP contribution in [0.5, 0.6) is 5.75 Å². The third-order valence-electron chi connectivity index (χ3n) is 3.85. The molecule has 23 heavy (non-hydrogen) atoms. The molecule has 0 fully saturated rings. The second kappa shape index (κ2) is 6.38. The second-order valence-electron chi connectivity index (χ2n) is 5.25. The monoisotopic (exact) mass is 352 g/mol. The molecule has 0 aromatic heterocycles. The van der Waals surface area contributed by atoms with E-state index in [1.165, 1.54) is 13.2 Å². The van der Waals surface area contributed by atoms with Gasteiger partial charge in [-0.25, -0.2) is 4.39 Å². The fourth-order valence-corrected chi connectivity index (χ4v) is 3.03. The minimum absolute atomic E-state index is 0.352. The average Bonchev–Trinajstić information content (AvgIpc) is 2.71. The number of halogens is 3. The summed E-state index contributed by atoms with van der Waals surface area (Å²) in [4.78, 5) is 6.59. The third kappa shape index (κ3) is 2.89. The first-order valence-corrected chi connectivity index (χ1v) is 7.86.